The quantitative estimate of drug-likeness (QED) is 0.768. The van der Waals surface area contributed by atoms with E-state index >= 15 is 0 Å². The topological polar surface area (TPSA) is 69.3 Å². The van der Waals surface area contributed by atoms with Crippen molar-refractivity contribution in [2.75, 3.05) is 5.32 Å². The van der Waals surface area contributed by atoms with Gasteiger partial charge in [0.2, 0.25) is 0 Å². The van der Waals surface area contributed by atoms with Gasteiger partial charge in [-0.1, -0.05) is 0 Å². The van der Waals surface area contributed by atoms with Gasteiger partial charge in [0.15, 0.2) is 5.76 Å². The maximum atomic E-state index is 12.9. The molecule has 1 amide bonds. The van der Waals surface area contributed by atoms with Crippen molar-refractivity contribution < 1.29 is 18.3 Å². The van der Waals surface area contributed by atoms with Crippen molar-refractivity contribution in [2.24, 2.45) is 7.05 Å². The molecular weight excluding hydrogens is 325 g/mol. The largest absolute Gasteiger partial charge is 0.486 e. The van der Waals surface area contributed by atoms with E-state index in [0.29, 0.717) is 17.2 Å². The van der Waals surface area contributed by atoms with Gasteiger partial charge in [0.25, 0.3) is 5.91 Å². The highest BCUT2D eigenvalue weighted by Crippen LogP contribution is 2.20. The number of furan rings is 1. The van der Waals surface area contributed by atoms with E-state index in [4.69, 9.17) is 9.15 Å². The van der Waals surface area contributed by atoms with Gasteiger partial charge in [0, 0.05) is 7.05 Å². The number of carbonyl (C=O) groups excluding carboxylic acids is 1. The fourth-order valence-electron chi connectivity index (χ4n) is 2.39. The first-order chi connectivity index (χ1) is 11.9. The Morgan fingerprint density at radius 1 is 1.24 bits per heavy atom. The smallest absolute Gasteiger partial charge is 0.291 e. The van der Waals surface area contributed by atoms with Crippen molar-refractivity contribution >= 4 is 11.6 Å². The van der Waals surface area contributed by atoms with Crippen LogP contribution in [0.15, 0.2) is 40.8 Å². The summed E-state index contributed by atoms with van der Waals surface area (Å²) in [5.74, 6) is 0.511. The number of anilines is 1. The lowest BCUT2D eigenvalue weighted by Gasteiger charge is -2.05. The van der Waals surface area contributed by atoms with Gasteiger partial charge in [0.05, 0.1) is 17.1 Å². The van der Waals surface area contributed by atoms with E-state index < -0.39 is 0 Å². The third kappa shape index (κ3) is 3.71. The van der Waals surface area contributed by atoms with Gasteiger partial charge in [-0.05, 0) is 50.2 Å². The Morgan fingerprint density at radius 2 is 1.96 bits per heavy atom. The molecule has 0 fully saturated rings. The zero-order valence-electron chi connectivity index (χ0n) is 14.2. The zero-order valence-corrected chi connectivity index (χ0v) is 14.2. The highest BCUT2D eigenvalue weighted by atomic mass is 19.1. The Balaban J connectivity index is 1.64. The van der Waals surface area contributed by atoms with Gasteiger partial charge in [-0.25, -0.2) is 4.39 Å². The van der Waals surface area contributed by atoms with Crippen LogP contribution in [0.4, 0.5) is 10.1 Å². The lowest BCUT2D eigenvalue weighted by Crippen LogP contribution is -2.12. The monoisotopic (exact) mass is 343 g/mol. The minimum Gasteiger partial charge on any atom is -0.486 e. The number of nitrogens with one attached hydrogen (secondary N) is 1. The lowest BCUT2D eigenvalue weighted by atomic mass is 10.3. The van der Waals surface area contributed by atoms with E-state index in [9.17, 15) is 9.18 Å². The number of carbonyl (C=O) groups is 1. The average molecular weight is 343 g/mol. The van der Waals surface area contributed by atoms with E-state index in [1.807, 2.05) is 20.9 Å². The van der Waals surface area contributed by atoms with Crippen molar-refractivity contribution in [2.45, 2.75) is 20.5 Å². The van der Waals surface area contributed by atoms with Crippen molar-refractivity contribution in [3.63, 3.8) is 0 Å². The molecule has 0 aliphatic carbocycles. The first kappa shape index (κ1) is 16.8. The third-order valence-electron chi connectivity index (χ3n) is 3.83. The fourth-order valence-corrected chi connectivity index (χ4v) is 2.39. The third-order valence-corrected chi connectivity index (χ3v) is 3.83. The molecule has 0 aliphatic heterocycles. The molecule has 2 aromatic heterocycles. The van der Waals surface area contributed by atoms with Crippen LogP contribution in [0.25, 0.3) is 0 Å². The van der Waals surface area contributed by atoms with Gasteiger partial charge in [0.1, 0.15) is 23.9 Å². The highest BCUT2D eigenvalue weighted by Gasteiger charge is 2.16. The van der Waals surface area contributed by atoms with Gasteiger partial charge < -0.3 is 14.5 Å². The fraction of sp³-hybridized carbons (Fsp3) is 0.222. The summed E-state index contributed by atoms with van der Waals surface area (Å²) in [6.07, 6.45) is 0. The van der Waals surface area contributed by atoms with Crippen molar-refractivity contribution in [1.29, 1.82) is 0 Å². The average Bonchev–Trinajstić information content (AvgIpc) is 3.15. The lowest BCUT2D eigenvalue weighted by molar-refractivity contribution is 0.0992. The SMILES string of the molecule is Cc1nn(C)c(C)c1NC(=O)c1ccc(COc2ccc(F)cc2)o1. The molecule has 0 radical (unpaired) electrons. The number of rotatable bonds is 5. The molecular formula is C18H18FN3O3. The Kier molecular flexibility index (Phi) is 4.56. The molecule has 0 unspecified atom stereocenters. The van der Waals surface area contributed by atoms with Gasteiger partial charge >= 0.3 is 0 Å². The molecule has 1 N–H and O–H groups in total. The molecule has 6 nitrogen and oxygen atoms in total. The van der Waals surface area contributed by atoms with E-state index in [0.717, 1.165) is 11.4 Å². The number of amides is 1. The molecule has 0 bridgehead atoms. The summed E-state index contributed by atoms with van der Waals surface area (Å²) < 4.78 is 25.6. The van der Waals surface area contributed by atoms with Crippen LogP contribution >= 0.6 is 0 Å². The van der Waals surface area contributed by atoms with Crippen LogP contribution in [0, 0.1) is 19.7 Å². The second kappa shape index (κ2) is 6.80. The Hall–Kier alpha value is -3.09. The second-order valence-corrected chi connectivity index (χ2v) is 5.63. The summed E-state index contributed by atoms with van der Waals surface area (Å²) in [7, 11) is 1.82. The summed E-state index contributed by atoms with van der Waals surface area (Å²) in [5, 5.41) is 7.07. The summed E-state index contributed by atoms with van der Waals surface area (Å²) in [6.45, 7) is 3.84. The molecule has 2 heterocycles. The van der Waals surface area contributed by atoms with Crippen molar-refractivity contribution in [1.82, 2.24) is 9.78 Å². The normalized spacial score (nSPS) is 10.7. The number of nitrogens with zero attached hydrogens (tertiary/aromatic N) is 2. The van der Waals surface area contributed by atoms with E-state index in [2.05, 4.69) is 10.4 Å². The summed E-state index contributed by atoms with van der Waals surface area (Å²) >= 11 is 0. The van der Waals surface area contributed by atoms with E-state index in [1.165, 1.54) is 24.3 Å². The number of hydrogen-bond acceptors (Lipinski definition) is 4. The maximum absolute atomic E-state index is 12.9. The van der Waals surface area contributed by atoms with Gasteiger partial charge in [-0.2, -0.15) is 5.10 Å². The number of benzene rings is 1. The van der Waals surface area contributed by atoms with Crippen LogP contribution in [-0.4, -0.2) is 15.7 Å². The molecule has 25 heavy (non-hydrogen) atoms. The molecule has 0 aliphatic rings. The second-order valence-electron chi connectivity index (χ2n) is 5.63. The molecule has 0 spiro atoms. The first-order valence-electron chi connectivity index (χ1n) is 7.72. The van der Waals surface area contributed by atoms with Crippen LogP contribution < -0.4 is 10.1 Å². The van der Waals surface area contributed by atoms with Crippen LogP contribution in [-0.2, 0) is 13.7 Å². The Bertz CT molecular complexity index is 897. The minimum atomic E-state index is -0.354. The summed E-state index contributed by atoms with van der Waals surface area (Å²) in [4.78, 5) is 12.3. The standard InChI is InChI=1S/C18H18FN3O3/c1-11-17(12(2)22(3)21-11)20-18(23)16-9-8-15(25-16)10-24-14-6-4-13(19)5-7-14/h4-9H,10H2,1-3H3,(H,20,23). The Morgan fingerprint density at radius 3 is 2.60 bits per heavy atom. The van der Waals surface area contributed by atoms with E-state index in [-0.39, 0.29) is 24.1 Å². The predicted molar refractivity (Wildman–Crippen MR) is 90.1 cm³/mol. The molecule has 130 valence electrons. The van der Waals surface area contributed by atoms with Crippen LogP contribution in [0.5, 0.6) is 5.75 Å². The number of ether oxygens (including phenoxy) is 1. The molecule has 0 saturated carbocycles. The highest BCUT2D eigenvalue weighted by molar-refractivity contribution is 6.02. The van der Waals surface area contributed by atoms with Crippen LogP contribution in [0.2, 0.25) is 0 Å². The number of hydrogen-bond donors (Lipinski definition) is 1. The molecule has 0 saturated heterocycles. The van der Waals surface area contributed by atoms with Gasteiger partial charge in [-0.15, -0.1) is 0 Å². The summed E-state index contributed by atoms with van der Waals surface area (Å²) in [6, 6.07) is 8.94. The van der Waals surface area contributed by atoms with Gasteiger partial charge in [-0.3, -0.25) is 9.48 Å². The number of halogens is 1. The molecule has 0 atom stereocenters. The summed E-state index contributed by atoms with van der Waals surface area (Å²) in [5.41, 5.74) is 2.27. The zero-order chi connectivity index (χ0) is 18.0. The predicted octanol–water partition coefficient (Wildman–Crippen LogP) is 3.60. The van der Waals surface area contributed by atoms with Crippen molar-refractivity contribution in [3.05, 3.63) is 65.1 Å². The molecule has 1 aromatic carbocycles. The van der Waals surface area contributed by atoms with Crippen LogP contribution in [0.3, 0.4) is 0 Å². The molecule has 3 rings (SSSR count). The van der Waals surface area contributed by atoms with Crippen molar-refractivity contribution in [3.8, 4) is 5.75 Å². The maximum Gasteiger partial charge on any atom is 0.291 e. The Labute approximate surface area is 144 Å². The molecule has 7 heteroatoms. The number of aromatic nitrogens is 2. The molecule has 3 aromatic rings. The first-order valence-corrected chi connectivity index (χ1v) is 7.72. The van der Waals surface area contributed by atoms with E-state index in [1.54, 1.807) is 16.8 Å². The number of aryl methyl sites for hydroxylation is 2. The van der Waals surface area contributed by atoms with Crippen LogP contribution in [0.1, 0.15) is 27.7 Å². The minimum absolute atomic E-state index is 0.143.